The molecule has 1 aliphatic rings. The number of nitrogens with zero attached hydrogens (tertiary/aromatic N) is 1. The highest BCUT2D eigenvalue weighted by Crippen LogP contribution is 2.18. The average Bonchev–Trinajstić information content (AvgIpc) is 2.31. The first kappa shape index (κ1) is 12.5. The Hall–Kier alpha value is -1.95. The zero-order valence-corrected chi connectivity index (χ0v) is 9.60. The van der Waals surface area contributed by atoms with E-state index in [-0.39, 0.29) is 31.5 Å². The molecule has 1 amide bonds. The van der Waals surface area contributed by atoms with Gasteiger partial charge in [0.25, 0.3) is 0 Å². The number of hydrogen-bond acceptors (Lipinski definition) is 3. The van der Waals surface area contributed by atoms with Crippen LogP contribution in [0.4, 0.5) is 10.1 Å². The van der Waals surface area contributed by atoms with Gasteiger partial charge in [-0.1, -0.05) is 6.07 Å². The SMILES string of the molecule is O=C(O)CC1CN(c2cccc(F)c2)C(=O)CN1. The van der Waals surface area contributed by atoms with Gasteiger partial charge in [0.2, 0.25) is 5.91 Å². The maximum absolute atomic E-state index is 13.1. The molecule has 6 heteroatoms. The number of benzene rings is 1. The molecule has 0 radical (unpaired) electrons. The number of amides is 1. The monoisotopic (exact) mass is 252 g/mol. The smallest absolute Gasteiger partial charge is 0.304 e. The van der Waals surface area contributed by atoms with E-state index in [1.807, 2.05) is 0 Å². The van der Waals surface area contributed by atoms with E-state index in [1.54, 1.807) is 6.07 Å². The predicted molar refractivity (Wildman–Crippen MR) is 62.8 cm³/mol. The maximum atomic E-state index is 13.1. The van der Waals surface area contributed by atoms with Crippen LogP contribution in [-0.4, -0.2) is 36.1 Å². The van der Waals surface area contributed by atoms with Gasteiger partial charge in [-0.2, -0.15) is 0 Å². The van der Waals surface area contributed by atoms with Crippen LogP contribution < -0.4 is 10.2 Å². The highest BCUT2D eigenvalue weighted by atomic mass is 19.1. The molecular weight excluding hydrogens is 239 g/mol. The summed E-state index contributed by atoms with van der Waals surface area (Å²) in [7, 11) is 0. The van der Waals surface area contributed by atoms with E-state index in [2.05, 4.69) is 5.32 Å². The van der Waals surface area contributed by atoms with Crippen LogP contribution in [-0.2, 0) is 9.59 Å². The molecule has 1 aromatic carbocycles. The largest absolute Gasteiger partial charge is 0.481 e. The van der Waals surface area contributed by atoms with Crippen molar-refractivity contribution in [3.63, 3.8) is 0 Å². The van der Waals surface area contributed by atoms with Crippen molar-refractivity contribution >= 4 is 17.6 Å². The molecule has 5 nitrogen and oxygen atoms in total. The van der Waals surface area contributed by atoms with Crippen LogP contribution in [0.3, 0.4) is 0 Å². The lowest BCUT2D eigenvalue weighted by molar-refractivity contribution is -0.138. The van der Waals surface area contributed by atoms with Gasteiger partial charge in [0.1, 0.15) is 5.82 Å². The second kappa shape index (κ2) is 5.14. The summed E-state index contributed by atoms with van der Waals surface area (Å²) in [6.07, 6.45) is -0.0703. The molecule has 0 aromatic heterocycles. The molecule has 1 aliphatic heterocycles. The van der Waals surface area contributed by atoms with Gasteiger partial charge in [0.05, 0.1) is 13.0 Å². The minimum Gasteiger partial charge on any atom is -0.481 e. The van der Waals surface area contributed by atoms with Gasteiger partial charge in [-0.25, -0.2) is 4.39 Å². The Kier molecular flexibility index (Phi) is 3.57. The van der Waals surface area contributed by atoms with Crippen LogP contribution in [0.1, 0.15) is 6.42 Å². The van der Waals surface area contributed by atoms with Gasteiger partial charge >= 0.3 is 5.97 Å². The van der Waals surface area contributed by atoms with Crippen molar-refractivity contribution in [2.45, 2.75) is 12.5 Å². The number of piperazine rings is 1. The van der Waals surface area contributed by atoms with Gasteiger partial charge in [-0.3, -0.25) is 9.59 Å². The molecule has 1 aromatic rings. The first-order chi connectivity index (χ1) is 8.56. The number of hydrogen-bond donors (Lipinski definition) is 2. The second-order valence-corrected chi connectivity index (χ2v) is 4.16. The van der Waals surface area contributed by atoms with E-state index in [9.17, 15) is 14.0 Å². The molecule has 18 heavy (non-hydrogen) atoms. The third-order valence-corrected chi connectivity index (χ3v) is 2.79. The van der Waals surface area contributed by atoms with Gasteiger partial charge in [0, 0.05) is 18.3 Å². The van der Waals surface area contributed by atoms with E-state index in [0.717, 1.165) is 0 Å². The van der Waals surface area contributed by atoms with Crippen molar-refractivity contribution in [1.29, 1.82) is 0 Å². The highest BCUT2D eigenvalue weighted by Gasteiger charge is 2.27. The lowest BCUT2D eigenvalue weighted by Crippen LogP contribution is -2.54. The van der Waals surface area contributed by atoms with Crippen molar-refractivity contribution in [2.24, 2.45) is 0 Å². The van der Waals surface area contributed by atoms with Gasteiger partial charge in [0.15, 0.2) is 0 Å². The van der Waals surface area contributed by atoms with Crippen LogP contribution >= 0.6 is 0 Å². The first-order valence-electron chi connectivity index (χ1n) is 5.57. The Bertz CT molecular complexity index is 478. The number of carboxylic acid groups (broad SMARTS) is 1. The Morgan fingerprint density at radius 3 is 3.00 bits per heavy atom. The van der Waals surface area contributed by atoms with Crippen LogP contribution in [0.2, 0.25) is 0 Å². The molecule has 2 N–H and O–H groups in total. The second-order valence-electron chi connectivity index (χ2n) is 4.16. The van der Waals surface area contributed by atoms with Crippen molar-refractivity contribution in [1.82, 2.24) is 5.32 Å². The number of aliphatic carboxylic acids is 1. The van der Waals surface area contributed by atoms with Crippen molar-refractivity contribution in [3.8, 4) is 0 Å². The number of nitrogens with one attached hydrogen (secondary N) is 1. The Morgan fingerprint density at radius 2 is 2.33 bits per heavy atom. The fourth-order valence-corrected chi connectivity index (χ4v) is 1.95. The standard InChI is InChI=1S/C12H13FN2O3/c13-8-2-1-3-10(4-8)15-7-9(5-12(17)18)14-6-11(15)16/h1-4,9,14H,5-7H2,(H,17,18). The van der Waals surface area contributed by atoms with Crippen LogP contribution in [0, 0.1) is 5.82 Å². The molecule has 0 spiro atoms. The van der Waals surface area contributed by atoms with E-state index in [1.165, 1.54) is 23.1 Å². The molecule has 1 fully saturated rings. The molecule has 2 rings (SSSR count). The fourth-order valence-electron chi connectivity index (χ4n) is 1.95. The number of carbonyl (C=O) groups is 2. The van der Waals surface area contributed by atoms with E-state index in [4.69, 9.17) is 5.11 Å². The fraction of sp³-hybridized carbons (Fsp3) is 0.333. The topological polar surface area (TPSA) is 69.6 Å². The summed E-state index contributed by atoms with van der Waals surface area (Å²) < 4.78 is 13.1. The molecule has 96 valence electrons. The molecule has 0 bridgehead atoms. The first-order valence-corrected chi connectivity index (χ1v) is 5.57. The molecular formula is C12H13FN2O3. The zero-order chi connectivity index (χ0) is 13.1. The average molecular weight is 252 g/mol. The zero-order valence-electron chi connectivity index (χ0n) is 9.60. The molecule has 1 atom stereocenters. The minimum absolute atomic E-state index is 0.0639. The molecule has 1 saturated heterocycles. The Balaban J connectivity index is 2.15. The van der Waals surface area contributed by atoms with Crippen molar-refractivity contribution in [3.05, 3.63) is 30.1 Å². The minimum atomic E-state index is -0.930. The normalized spacial score (nSPS) is 19.9. The summed E-state index contributed by atoms with van der Waals surface area (Å²) in [5.41, 5.74) is 0.455. The number of carboxylic acids is 1. The summed E-state index contributed by atoms with van der Waals surface area (Å²) in [5, 5.41) is 11.6. The van der Waals surface area contributed by atoms with E-state index >= 15 is 0 Å². The van der Waals surface area contributed by atoms with Crippen molar-refractivity contribution < 1.29 is 19.1 Å². The Labute approximate surface area is 103 Å². The van der Waals surface area contributed by atoms with Crippen LogP contribution in [0.5, 0.6) is 0 Å². The summed E-state index contributed by atoms with van der Waals surface area (Å²) in [4.78, 5) is 23.8. The molecule has 1 unspecified atom stereocenters. The third-order valence-electron chi connectivity index (χ3n) is 2.79. The predicted octanol–water partition coefficient (Wildman–Crippen LogP) is 0.605. The quantitative estimate of drug-likeness (QED) is 0.826. The van der Waals surface area contributed by atoms with Crippen molar-refractivity contribution in [2.75, 3.05) is 18.0 Å². The molecule has 0 aliphatic carbocycles. The number of anilines is 1. The van der Waals surface area contributed by atoms with Gasteiger partial charge in [-0.05, 0) is 18.2 Å². The summed E-state index contributed by atoms with van der Waals surface area (Å²) in [5.74, 6) is -1.54. The highest BCUT2D eigenvalue weighted by molar-refractivity contribution is 5.95. The number of halogens is 1. The third kappa shape index (κ3) is 2.84. The van der Waals surface area contributed by atoms with Crippen LogP contribution in [0.25, 0.3) is 0 Å². The summed E-state index contributed by atoms with van der Waals surface area (Å²) in [6.45, 7) is 0.295. The molecule has 1 heterocycles. The lowest BCUT2D eigenvalue weighted by atomic mass is 10.1. The Morgan fingerprint density at radius 1 is 1.56 bits per heavy atom. The number of rotatable bonds is 3. The number of carbonyl (C=O) groups excluding carboxylic acids is 1. The summed E-state index contributed by atoms with van der Waals surface area (Å²) >= 11 is 0. The molecule has 0 saturated carbocycles. The van der Waals surface area contributed by atoms with Crippen LogP contribution in [0.15, 0.2) is 24.3 Å². The van der Waals surface area contributed by atoms with E-state index in [0.29, 0.717) is 5.69 Å². The van der Waals surface area contributed by atoms with E-state index < -0.39 is 11.8 Å². The maximum Gasteiger partial charge on any atom is 0.304 e. The van der Waals surface area contributed by atoms with Gasteiger partial charge < -0.3 is 15.3 Å². The van der Waals surface area contributed by atoms with Gasteiger partial charge in [-0.15, -0.1) is 0 Å². The summed E-state index contributed by atoms with van der Waals surface area (Å²) in [6, 6.07) is 5.39. The lowest BCUT2D eigenvalue weighted by Gasteiger charge is -2.32.